The third-order valence-corrected chi connectivity index (χ3v) is 5.04. The van der Waals surface area contributed by atoms with E-state index in [1.54, 1.807) is 27.3 Å². The number of rotatable bonds is 9. The zero-order valence-electron chi connectivity index (χ0n) is 19.4. The van der Waals surface area contributed by atoms with Crippen LogP contribution in [0, 0.1) is 0 Å². The summed E-state index contributed by atoms with van der Waals surface area (Å²) in [5.41, 5.74) is 8.63. The lowest BCUT2D eigenvalue weighted by atomic mass is 9.97. The van der Waals surface area contributed by atoms with Gasteiger partial charge in [0.05, 0.1) is 13.3 Å². The highest BCUT2D eigenvalue weighted by Crippen LogP contribution is 2.38. The van der Waals surface area contributed by atoms with E-state index in [1.165, 1.54) is 28.5 Å². The highest BCUT2D eigenvalue weighted by atomic mass is 16.5. The average Bonchev–Trinajstić information content (AvgIpc) is 3.32. The number of nitrogens with zero attached hydrogens (tertiary/aromatic N) is 3. The maximum absolute atomic E-state index is 12.5. The summed E-state index contributed by atoms with van der Waals surface area (Å²) in [4.78, 5) is 33.8. The molecule has 2 amide bonds. The quantitative estimate of drug-likeness (QED) is 0.282. The third-order valence-electron chi connectivity index (χ3n) is 5.04. The third kappa shape index (κ3) is 5.73. The molecular formula is C24H29N7O3. The van der Waals surface area contributed by atoms with E-state index in [-0.39, 0.29) is 18.2 Å². The number of hydrogen-bond acceptors (Lipinski definition) is 7. The van der Waals surface area contributed by atoms with Gasteiger partial charge in [0.1, 0.15) is 17.3 Å². The van der Waals surface area contributed by atoms with Crippen LogP contribution >= 0.6 is 0 Å². The van der Waals surface area contributed by atoms with Crippen LogP contribution in [0.3, 0.4) is 0 Å². The first-order valence-electron chi connectivity index (χ1n) is 10.6. The lowest BCUT2D eigenvalue weighted by Crippen LogP contribution is -2.29. The normalized spacial score (nSPS) is 10.8. The first-order valence-corrected chi connectivity index (χ1v) is 10.6. The number of nitrogens with two attached hydrogens (primary N) is 2. The van der Waals surface area contributed by atoms with E-state index >= 15 is 0 Å². The van der Waals surface area contributed by atoms with Crippen molar-refractivity contribution in [2.24, 2.45) is 11.6 Å². The fourth-order valence-corrected chi connectivity index (χ4v) is 3.37. The average molecular weight is 464 g/mol. The second-order valence-electron chi connectivity index (χ2n) is 7.68. The molecule has 10 nitrogen and oxygen atoms in total. The molecule has 0 bridgehead atoms. The maximum atomic E-state index is 12.5. The molecule has 0 saturated heterocycles. The summed E-state index contributed by atoms with van der Waals surface area (Å²) >= 11 is 0. The summed E-state index contributed by atoms with van der Waals surface area (Å²) in [6.45, 7) is 0.312. The molecule has 10 heteroatoms. The number of anilines is 1. The standard InChI is InChI=1S/C24H29N7O3/c1-30(2)24(33)20-15-27-23(29-20)18-9-8-16(28-22(32)10-12-31(26)13-11-25)14-19(18)17-6-4-5-7-21(17)34-3/h4-9,11,13-15H,10,12,25-26H2,1-3H3,(H,27,29)(H,28,32)/b13-11-. The second kappa shape index (κ2) is 11.0. The SMILES string of the molecule is COc1ccccc1-c1cc(NC(=O)CCN(N)/C=C\N)ccc1-c1ncc(C(=O)N(C)C)[nH]1. The molecule has 0 aliphatic carbocycles. The minimum Gasteiger partial charge on any atom is -0.496 e. The molecule has 1 aromatic heterocycles. The lowest BCUT2D eigenvalue weighted by Gasteiger charge is -2.15. The highest BCUT2D eigenvalue weighted by molar-refractivity contribution is 5.95. The molecule has 0 spiro atoms. The fraction of sp³-hybridized carbons (Fsp3) is 0.208. The van der Waals surface area contributed by atoms with Crippen LogP contribution in [0.2, 0.25) is 0 Å². The molecule has 1 heterocycles. The van der Waals surface area contributed by atoms with Gasteiger partial charge in [0, 0.05) is 56.3 Å². The first-order chi connectivity index (χ1) is 16.3. The molecule has 0 fully saturated rings. The molecule has 34 heavy (non-hydrogen) atoms. The summed E-state index contributed by atoms with van der Waals surface area (Å²) in [7, 11) is 4.95. The number of aromatic nitrogens is 2. The van der Waals surface area contributed by atoms with Gasteiger partial charge in [-0.1, -0.05) is 18.2 Å². The smallest absolute Gasteiger partial charge is 0.271 e. The van der Waals surface area contributed by atoms with Crippen molar-refractivity contribution in [2.75, 3.05) is 33.1 Å². The van der Waals surface area contributed by atoms with Crippen LogP contribution in [-0.4, -0.2) is 59.4 Å². The van der Waals surface area contributed by atoms with Crippen molar-refractivity contribution in [1.82, 2.24) is 19.9 Å². The summed E-state index contributed by atoms with van der Waals surface area (Å²) in [5.74, 6) is 6.53. The van der Waals surface area contributed by atoms with Crippen molar-refractivity contribution < 1.29 is 14.3 Å². The zero-order valence-corrected chi connectivity index (χ0v) is 19.4. The molecule has 0 aliphatic heterocycles. The maximum Gasteiger partial charge on any atom is 0.271 e. The van der Waals surface area contributed by atoms with Gasteiger partial charge in [-0.2, -0.15) is 0 Å². The number of hydrogen-bond donors (Lipinski definition) is 4. The monoisotopic (exact) mass is 463 g/mol. The lowest BCUT2D eigenvalue weighted by molar-refractivity contribution is -0.116. The Kier molecular flexibility index (Phi) is 7.88. The van der Waals surface area contributed by atoms with Crippen LogP contribution in [0.4, 0.5) is 5.69 Å². The minimum atomic E-state index is -0.198. The van der Waals surface area contributed by atoms with Crippen LogP contribution < -0.4 is 21.6 Å². The fourth-order valence-electron chi connectivity index (χ4n) is 3.37. The van der Waals surface area contributed by atoms with Gasteiger partial charge < -0.3 is 30.7 Å². The number of aromatic amines is 1. The number of carbonyl (C=O) groups is 2. The number of nitrogens with one attached hydrogen (secondary N) is 2. The number of hydrazine groups is 1. The summed E-state index contributed by atoms with van der Waals surface area (Å²) in [5, 5.41) is 4.24. The van der Waals surface area contributed by atoms with Crippen LogP contribution in [-0.2, 0) is 4.79 Å². The number of amides is 2. The Hall–Kier alpha value is -4.31. The Morgan fingerprint density at radius 2 is 1.91 bits per heavy atom. The summed E-state index contributed by atoms with van der Waals surface area (Å²) in [6, 6.07) is 13.0. The van der Waals surface area contributed by atoms with Gasteiger partial charge in [0.25, 0.3) is 5.91 Å². The van der Waals surface area contributed by atoms with Crippen LogP contribution in [0.15, 0.2) is 61.1 Å². The first kappa shape index (κ1) is 24.3. The van der Waals surface area contributed by atoms with E-state index in [0.717, 1.165) is 16.7 Å². The van der Waals surface area contributed by atoms with Gasteiger partial charge >= 0.3 is 0 Å². The highest BCUT2D eigenvalue weighted by Gasteiger charge is 2.18. The predicted molar refractivity (Wildman–Crippen MR) is 131 cm³/mol. The Bertz CT molecular complexity index is 1190. The van der Waals surface area contributed by atoms with E-state index in [1.807, 2.05) is 36.4 Å². The summed E-state index contributed by atoms with van der Waals surface area (Å²) < 4.78 is 5.56. The molecule has 0 saturated carbocycles. The molecule has 0 atom stereocenters. The van der Waals surface area contributed by atoms with Crippen molar-refractivity contribution in [3.63, 3.8) is 0 Å². The van der Waals surface area contributed by atoms with Gasteiger partial charge in [0.15, 0.2) is 0 Å². The Morgan fingerprint density at radius 1 is 1.15 bits per heavy atom. The zero-order chi connectivity index (χ0) is 24.7. The molecule has 6 N–H and O–H groups in total. The number of para-hydroxylation sites is 1. The number of methoxy groups -OCH3 is 1. The Morgan fingerprint density at radius 3 is 2.62 bits per heavy atom. The number of benzene rings is 2. The van der Waals surface area contributed by atoms with Gasteiger partial charge in [-0.3, -0.25) is 9.59 Å². The number of H-pyrrole nitrogens is 1. The number of ether oxygens (including phenoxy) is 1. The molecule has 0 aliphatic rings. The number of imidazole rings is 1. The van der Waals surface area contributed by atoms with Crippen molar-refractivity contribution in [3.8, 4) is 28.3 Å². The molecule has 0 unspecified atom stereocenters. The van der Waals surface area contributed by atoms with E-state index in [2.05, 4.69) is 15.3 Å². The molecule has 2 aromatic carbocycles. The largest absolute Gasteiger partial charge is 0.496 e. The van der Waals surface area contributed by atoms with Crippen LogP contribution in [0.5, 0.6) is 5.75 Å². The molecule has 3 aromatic rings. The van der Waals surface area contributed by atoms with E-state index < -0.39 is 0 Å². The van der Waals surface area contributed by atoms with Crippen molar-refractivity contribution >= 4 is 17.5 Å². The van der Waals surface area contributed by atoms with Gasteiger partial charge in [-0.15, -0.1) is 0 Å². The van der Waals surface area contributed by atoms with E-state index in [9.17, 15) is 9.59 Å². The predicted octanol–water partition coefficient (Wildman–Crippen LogP) is 2.39. The van der Waals surface area contributed by atoms with Crippen LogP contribution in [0.25, 0.3) is 22.5 Å². The van der Waals surface area contributed by atoms with Crippen LogP contribution in [0.1, 0.15) is 16.9 Å². The van der Waals surface area contributed by atoms with Crippen molar-refractivity contribution in [3.05, 3.63) is 66.8 Å². The Balaban J connectivity index is 1.97. The van der Waals surface area contributed by atoms with E-state index in [0.29, 0.717) is 29.5 Å². The molecular weight excluding hydrogens is 434 g/mol. The topological polar surface area (TPSA) is 143 Å². The van der Waals surface area contributed by atoms with Gasteiger partial charge in [0.2, 0.25) is 5.91 Å². The summed E-state index contributed by atoms with van der Waals surface area (Å²) in [6.07, 6.45) is 4.48. The van der Waals surface area contributed by atoms with Crippen molar-refractivity contribution in [2.45, 2.75) is 6.42 Å². The van der Waals surface area contributed by atoms with Gasteiger partial charge in [-0.05, 0) is 29.8 Å². The van der Waals surface area contributed by atoms with Gasteiger partial charge in [-0.25, -0.2) is 10.8 Å². The minimum absolute atomic E-state index is 0.181. The van der Waals surface area contributed by atoms with Crippen molar-refractivity contribution in [1.29, 1.82) is 0 Å². The Labute approximate surface area is 198 Å². The molecule has 0 radical (unpaired) electrons. The molecule has 178 valence electrons. The second-order valence-corrected chi connectivity index (χ2v) is 7.68. The molecule has 3 rings (SSSR count). The van der Waals surface area contributed by atoms with E-state index in [4.69, 9.17) is 16.3 Å². The number of carbonyl (C=O) groups excluding carboxylic acids is 2.